The average Bonchev–Trinajstić information content (AvgIpc) is 2.56. The zero-order valence-electron chi connectivity index (χ0n) is 13.3. The first-order chi connectivity index (χ1) is 12.0. The van der Waals surface area contributed by atoms with Crippen LogP contribution in [0.25, 0.3) is 11.3 Å². The minimum absolute atomic E-state index is 0.0282. The summed E-state index contributed by atoms with van der Waals surface area (Å²) in [7, 11) is 0. The van der Waals surface area contributed by atoms with E-state index < -0.39 is 40.4 Å². The molecule has 0 saturated heterocycles. The number of aromatic nitrogens is 1. The van der Waals surface area contributed by atoms with Gasteiger partial charge in [0.05, 0.1) is 11.7 Å². The van der Waals surface area contributed by atoms with Crippen molar-refractivity contribution >= 4 is 5.97 Å². The Hall–Kier alpha value is -2.57. The third-order valence-electron chi connectivity index (χ3n) is 4.17. The Morgan fingerprint density at radius 1 is 1.04 bits per heavy atom. The lowest BCUT2D eigenvalue weighted by Crippen LogP contribution is -2.19. The normalized spacial score (nSPS) is 15.2. The van der Waals surface area contributed by atoms with Crippen molar-refractivity contribution in [2.45, 2.75) is 38.2 Å². The monoisotopic (exact) mass is 351 g/mol. The van der Waals surface area contributed by atoms with E-state index in [0.717, 1.165) is 56.4 Å². The summed E-state index contributed by atoms with van der Waals surface area (Å²) in [5.74, 6) is -4.51. The van der Waals surface area contributed by atoms with Gasteiger partial charge in [-0.15, -0.1) is 0 Å². The van der Waals surface area contributed by atoms with Gasteiger partial charge in [0.25, 0.3) is 0 Å². The maximum atomic E-state index is 14.4. The number of nitrogens with zero attached hydrogens (tertiary/aromatic N) is 1. The molecule has 1 heterocycles. The van der Waals surface area contributed by atoms with E-state index in [1.807, 2.05) is 0 Å². The molecular weight excluding hydrogens is 335 g/mol. The number of carbonyl (C=O) groups is 1. The Morgan fingerprint density at radius 2 is 1.68 bits per heavy atom. The molecule has 0 bridgehead atoms. The van der Waals surface area contributed by atoms with Crippen LogP contribution in [0.1, 0.15) is 42.6 Å². The molecule has 0 radical (unpaired) electrons. The van der Waals surface area contributed by atoms with Crippen LogP contribution in [0.5, 0.6) is 5.75 Å². The van der Waals surface area contributed by atoms with E-state index in [-0.39, 0.29) is 11.9 Å². The summed E-state index contributed by atoms with van der Waals surface area (Å²) in [5, 5.41) is 8.92. The fraction of sp³-hybridized carbons (Fsp3) is 0.333. The van der Waals surface area contributed by atoms with Gasteiger partial charge in [0.2, 0.25) is 0 Å². The number of hydrogen-bond acceptors (Lipinski definition) is 3. The molecule has 0 amide bonds. The Labute approximate surface area is 142 Å². The van der Waals surface area contributed by atoms with Crippen molar-refractivity contribution in [1.29, 1.82) is 0 Å². The Kier molecular flexibility index (Phi) is 4.92. The molecule has 0 atom stereocenters. The third kappa shape index (κ3) is 3.75. The number of pyridine rings is 1. The lowest BCUT2D eigenvalue weighted by molar-refractivity contribution is 0.0690. The highest BCUT2D eigenvalue weighted by molar-refractivity contribution is 5.86. The molecule has 1 saturated carbocycles. The zero-order valence-corrected chi connectivity index (χ0v) is 13.3. The van der Waals surface area contributed by atoms with Gasteiger partial charge in [0.1, 0.15) is 34.6 Å². The Morgan fingerprint density at radius 3 is 2.28 bits per heavy atom. The van der Waals surface area contributed by atoms with Crippen molar-refractivity contribution in [2.75, 3.05) is 0 Å². The molecule has 4 nitrogen and oxygen atoms in total. The number of ether oxygens (including phenoxy) is 1. The van der Waals surface area contributed by atoms with E-state index in [9.17, 15) is 18.0 Å². The number of hydrogen-bond donors (Lipinski definition) is 1. The van der Waals surface area contributed by atoms with Crippen LogP contribution in [-0.2, 0) is 0 Å². The molecule has 1 aliphatic rings. The number of carboxylic acids is 1. The molecule has 1 fully saturated rings. The molecule has 0 spiro atoms. The third-order valence-corrected chi connectivity index (χ3v) is 4.17. The van der Waals surface area contributed by atoms with E-state index in [0.29, 0.717) is 0 Å². The molecule has 2 aromatic rings. The molecule has 1 N–H and O–H groups in total. The molecule has 0 aliphatic heterocycles. The summed E-state index contributed by atoms with van der Waals surface area (Å²) in [6.07, 6.45) is 4.68. The lowest BCUT2D eigenvalue weighted by Gasteiger charge is -2.23. The molecule has 0 unspecified atom stereocenters. The molecule has 1 aromatic carbocycles. The summed E-state index contributed by atoms with van der Waals surface area (Å²) in [6.45, 7) is 0. The van der Waals surface area contributed by atoms with Crippen molar-refractivity contribution in [3.63, 3.8) is 0 Å². The van der Waals surface area contributed by atoms with Gasteiger partial charge in [-0.25, -0.2) is 22.9 Å². The van der Waals surface area contributed by atoms with E-state index in [2.05, 4.69) is 4.98 Å². The number of benzene rings is 1. The lowest BCUT2D eigenvalue weighted by atomic mass is 9.98. The van der Waals surface area contributed by atoms with Crippen molar-refractivity contribution in [2.24, 2.45) is 0 Å². The highest BCUT2D eigenvalue weighted by Crippen LogP contribution is 2.32. The molecule has 3 rings (SSSR count). The van der Waals surface area contributed by atoms with Crippen molar-refractivity contribution in [3.05, 3.63) is 47.4 Å². The van der Waals surface area contributed by atoms with Crippen LogP contribution >= 0.6 is 0 Å². The van der Waals surface area contributed by atoms with Crippen LogP contribution < -0.4 is 4.74 Å². The van der Waals surface area contributed by atoms with Crippen molar-refractivity contribution in [3.8, 4) is 17.0 Å². The van der Waals surface area contributed by atoms with Gasteiger partial charge in [-0.1, -0.05) is 6.42 Å². The summed E-state index contributed by atoms with van der Waals surface area (Å²) < 4.78 is 48.3. The van der Waals surface area contributed by atoms with Gasteiger partial charge in [-0.2, -0.15) is 0 Å². The van der Waals surface area contributed by atoms with Crippen LogP contribution in [0.2, 0.25) is 0 Å². The quantitative estimate of drug-likeness (QED) is 0.876. The first-order valence-corrected chi connectivity index (χ1v) is 8.01. The Balaban J connectivity index is 1.95. The first kappa shape index (κ1) is 17.3. The largest absolute Gasteiger partial charge is 0.490 e. The second-order valence-electron chi connectivity index (χ2n) is 5.97. The summed E-state index contributed by atoms with van der Waals surface area (Å²) in [6, 6.07) is 3.69. The summed E-state index contributed by atoms with van der Waals surface area (Å²) in [5.41, 5.74) is -1.89. The number of aromatic carboxylic acids is 1. The molecule has 7 heteroatoms. The minimum Gasteiger partial charge on any atom is -0.490 e. The van der Waals surface area contributed by atoms with E-state index in [4.69, 9.17) is 9.84 Å². The van der Waals surface area contributed by atoms with Crippen molar-refractivity contribution < 1.29 is 27.8 Å². The minimum atomic E-state index is -1.42. The van der Waals surface area contributed by atoms with Gasteiger partial charge in [-0.3, -0.25) is 0 Å². The SMILES string of the molecule is O=C(O)c1ccc(F)c(-c2c(F)cc(OC3CCCCC3)cc2F)n1. The standard InChI is InChI=1S/C18H16F3NO3/c19-12-6-7-15(18(23)24)22-17(12)16-13(20)8-11(9-14(16)21)25-10-4-2-1-3-5-10/h6-10H,1-5H2,(H,23,24). The molecule has 1 aliphatic carbocycles. The molecular formula is C18H16F3NO3. The predicted molar refractivity (Wildman–Crippen MR) is 84.0 cm³/mol. The highest BCUT2D eigenvalue weighted by Gasteiger charge is 2.22. The first-order valence-electron chi connectivity index (χ1n) is 8.01. The van der Waals surface area contributed by atoms with Gasteiger partial charge >= 0.3 is 5.97 Å². The summed E-state index contributed by atoms with van der Waals surface area (Å²) >= 11 is 0. The second kappa shape index (κ2) is 7.13. The average molecular weight is 351 g/mol. The summed E-state index contributed by atoms with van der Waals surface area (Å²) in [4.78, 5) is 14.5. The van der Waals surface area contributed by atoms with Crippen LogP contribution in [0.3, 0.4) is 0 Å². The highest BCUT2D eigenvalue weighted by atomic mass is 19.1. The number of halogens is 3. The number of rotatable bonds is 4. The van der Waals surface area contributed by atoms with E-state index >= 15 is 0 Å². The fourth-order valence-corrected chi connectivity index (χ4v) is 2.96. The van der Waals surface area contributed by atoms with Crippen LogP contribution in [-0.4, -0.2) is 22.2 Å². The predicted octanol–water partition coefficient (Wildman–Crippen LogP) is 4.58. The number of carboxylic acid groups (broad SMARTS) is 1. The van der Waals surface area contributed by atoms with Crippen LogP contribution in [0, 0.1) is 17.5 Å². The molecule has 132 valence electrons. The second-order valence-corrected chi connectivity index (χ2v) is 5.97. The van der Waals surface area contributed by atoms with Crippen LogP contribution in [0.4, 0.5) is 13.2 Å². The zero-order chi connectivity index (χ0) is 18.0. The fourth-order valence-electron chi connectivity index (χ4n) is 2.96. The van der Waals surface area contributed by atoms with Gasteiger partial charge < -0.3 is 9.84 Å². The topological polar surface area (TPSA) is 59.4 Å². The smallest absolute Gasteiger partial charge is 0.354 e. The van der Waals surface area contributed by atoms with E-state index in [1.165, 1.54) is 0 Å². The van der Waals surface area contributed by atoms with E-state index in [1.54, 1.807) is 0 Å². The van der Waals surface area contributed by atoms with Gasteiger partial charge in [-0.05, 0) is 37.8 Å². The van der Waals surface area contributed by atoms with Gasteiger partial charge in [0.15, 0.2) is 0 Å². The van der Waals surface area contributed by atoms with Crippen molar-refractivity contribution in [1.82, 2.24) is 4.98 Å². The van der Waals surface area contributed by atoms with Gasteiger partial charge in [0, 0.05) is 12.1 Å². The molecule has 25 heavy (non-hydrogen) atoms. The maximum absolute atomic E-state index is 14.4. The van der Waals surface area contributed by atoms with Crippen LogP contribution in [0.15, 0.2) is 24.3 Å². The maximum Gasteiger partial charge on any atom is 0.354 e. The Bertz CT molecular complexity index is 781. The molecule has 1 aromatic heterocycles.